The van der Waals surface area contributed by atoms with Gasteiger partial charge in [-0.15, -0.1) is 0 Å². The summed E-state index contributed by atoms with van der Waals surface area (Å²) in [5.74, 6) is 0.294. The molecule has 0 spiro atoms. The van der Waals surface area contributed by atoms with Crippen molar-refractivity contribution in [2.75, 3.05) is 13.7 Å². The molecular formula is C20H20BrF3N2O2. The van der Waals surface area contributed by atoms with Crippen molar-refractivity contribution in [3.8, 4) is 17.0 Å². The van der Waals surface area contributed by atoms with E-state index in [0.29, 0.717) is 33.6 Å². The lowest BCUT2D eigenvalue weighted by molar-refractivity contribution is -0.137. The Morgan fingerprint density at radius 1 is 1.29 bits per heavy atom. The van der Waals surface area contributed by atoms with Crippen molar-refractivity contribution in [2.45, 2.75) is 32.5 Å². The number of carbonyl (C=O) groups is 1. The molecule has 0 saturated heterocycles. The molecule has 0 atom stereocenters. The van der Waals surface area contributed by atoms with E-state index in [9.17, 15) is 18.0 Å². The molecule has 0 aliphatic heterocycles. The van der Waals surface area contributed by atoms with Crippen LogP contribution < -0.4 is 4.74 Å². The van der Waals surface area contributed by atoms with E-state index in [1.165, 1.54) is 13.2 Å². The number of alkyl halides is 3. The monoisotopic (exact) mass is 456 g/mol. The smallest absolute Gasteiger partial charge is 0.416 e. The fourth-order valence-corrected chi connectivity index (χ4v) is 3.42. The lowest BCUT2D eigenvalue weighted by atomic mass is 9.97. The first-order chi connectivity index (χ1) is 13.2. The van der Waals surface area contributed by atoms with Crippen LogP contribution in [-0.2, 0) is 17.5 Å². The van der Waals surface area contributed by atoms with Crippen molar-refractivity contribution < 1.29 is 22.7 Å². The van der Waals surface area contributed by atoms with Crippen LogP contribution >= 0.6 is 15.9 Å². The van der Waals surface area contributed by atoms with Gasteiger partial charge in [0.25, 0.3) is 0 Å². The summed E-state index contributed by atoms with van der Waals surface area (Å²) >= 11 is 3.35. The maximum Gasteiger partial charge on any atom is 0.416 e. The van der Waals surface area contributed by atoms with Gasteiger partial charge in [0.15, 0.2) is 0 Å². The summed E-state index contributed by atoms with van der Waals surface area (Å²) in [6.45, 7) is 2.36. The second-order valence-corrected chi connectivity index (χ2v) is 7.62. The first-order valence-corrected chi connectivity index (χ1v) is 9.72. The average Bonchev–Trinajstić information content (AvgIpc) is 3.50. The zero-order chi connectivity index (χ0) is 20.5. The number of nitrogens with zero attached hydrogens (tertiary/aromatic N) is 2. The number of hydrogen-bond donors (Lipinski definition) is 0. The Balaban J connectivity index is 2.09. The number of aromatic nitrogens is 1. The van der Waals surface area contributed by atoms with Gasteiger partial charge in [0.05, 0.1) is 12.7 Å². The number of rotatable bonds is 6. The van der Waals surface area contributed by atoms with Gasteiger partial charge in [0, 0.05) is 35.2 Å². The molecule has 150 valence electrons. The van der Waals surface area contributed by atoms with Crippen LogP contribution in [0.3, 0.4) is 0 Å². The predicted molar refractivity (Wildman–Crippen MR) is 103 cm³/mol. The highest BCUT2D eigenvalue weighted by Gasteiger charge is 2.34. The maximum absolute atomic E-state index is 13.3. The van der Waals surface area contributed by atoms with Crippen LogP contribution in [0.15, 0.2) is 34.9 Å². The molecule has 1 saturated carbocycles. The Morgan fingerprint density at radius 2 is 2.00 bits per heavy atom. The molecule has 1 fully saturated rings. The number of amides is 1. The van der Waals surface area contributed by atoms with Crippen molar-refractivity contribution in [3.63, 3.8) is 0 Å². The van der Waals surface area contributed by atoms with Crippen LogP contribution in [0.25, 0.3) is 11.1 Å². The number of benzene rings is 1. The molecule has 1 aromatic carbocycles. The van der Waals surface area contributed by atoms with Gasteiger partial charge in [-0.05, 0) is 65.0 Å². The van der Waals surface area contributed by atoms with Crippen molar-refractivity contribution >= 4 is 21.8 Å². The van der Waals surface area contributed by atoms with Crippen LogP contribution in [0.2, 0.25) is 0 Å². The maximum atomic E-state index is 13.3. The van der Waals surface area contributed by atoms with Gasteiger partial charge in [-0.1, -0.05) is 6.07 Å². The molecule has 0 N–H and O–H groups in total. The fraction of sp³-hybridized carbons (Fsp3) is 0.400. The minimum atomic E-state index is -4.47. The Bertz CT molecular complexity index is 882. The zero-order valence-corrected chi connectivity index (χ0v) is 17.1. The topological polar surface area (TPSA) is 42.4 Å². The van der Waals surface area contributed by atoms with Gasteiger partial charge in [0.1, 0.15) is 0 Å². The van der Waals surface area contributed by atoms with Gasteiger partial charge >= 0.3 is 6.18 Å². The van der Waals surface area contributed by atoms with E-state index in [2.05, 4.69) is 20.9 Å². The predicted octanol–water partition coefficient (Wildman–Crippen LogP) is 5.30. The number of ether oxygens (including phenoxy) is 1. The van der Waals surface area contributed by atoms with E-state index in [1.54, 1.807) is 17.2 Å². The molecule has 0 radical (unpaired) electrons. The minimum absolute atomic E-state index is 0.00345. The molecule has 0 bridgehead atoms. The van der Waals surface area contributed by atoms with Gasteiger partial charge < -0.3 is 9.64 Å². The number of carbonyl (C=O) groups excluding carboxylic acids is 1. The van der Waals surface area contributed by atoms with Crippen molar-refractivity contribution in [1.82, 2.24) is 9.88 Å². The van der Waals surface area contributed by atoms with Crippen LogP contribution in [0.4, 0.5) is 13.2 Å². The Labute approximate surface area is 169 Å². The molecule has 1 aliphatic rings. The van der Waals surface area contributed by atoms with E-state index in [0.717, 1.165) is 25.0 Å². The third-order valence-corrected chi connectivity index (χ3v) is 5.15. The van der Waals surface area contributed by atoms with Crippen LogP contribution in [0.1, 0.15) is 30.9 Å². The molecule has 3 rings (SSSR count). The highest BCUT2D eigenvalue weighted by Crippen LogP contribution is 2.38. The van der Waals surface area contributed by atoms with Gasteiger partial charge in [-0.2, -0.15) is 13.2 Å². The number of pyridine rings is 1. The van der Waals surface area contributed by atoms with Crippen molar-refractivity contribution in [1.29, 1.82) is 0 Å². The van der Waals surface area contributed by atoms with E-state index in [-0.39, 0.29) is 18.4 Å². The summed E-state index contributed by atoms with van der Waals surface area (Å²) in [4.78, 5) is 18.3. The number of hydrogen-bond acceptors (Lipinski definition) is 3. The summed E-state index contributed by atoms with van der Waals surface area (Å²) in [6.07, 6.45) is -1.23. The Morgan fingerprint density at radius 3 is 2.57 bits per heavy atom. The molecule has 0 unspecified atom stereocenters. The molecule has 1 aliphatic carbocycles. The van der Waals surface area contributed by atoms with Gasteiger partial charge in [-0.3, -0.25) is 4.79 Å². The summed E-state index contributed by atoms with van der Waals surface area (Å²) in [6, 6.07) is 5.31. The normalized spacial score (nSPS) is 14.1. The van der Waals surface area contributed by atoms with E-state index >= 15 is 0 Å². The first-order valence-electron chi connectivity index (χ1n) is 8.93. The van der Waals surface area contributed by atoms with E-state index in [4.69, 9.17) is 4.74 Å². The zero-order valence-electron chi connectivity index (χ0n) is 15.5. The highest BCUT2D eigenvalue weighted by atomic mass is 79.9. The van der Waals surface area contributed by atoms with Gasteiger partial charge in [-0.25, -0.2) is 4.98 Å². The summed E-state index contributed by atoms with van der Waals surface area (Å²) in [5, 5.41) is 0. The molecule has 28 heavy (non-hydrogen) atoms. The highest BCUT2D eigenvalue weighted by molar-refractivity contribution is 9.10. The molecule has 1 amide bonds. The third-order valence-electron chi connectivity index (χ3n) is 4.72. The summed E-state index contributed by atoms with van der Waals surface area (Å²) in [7, 11) is 1.46. The average molecular weight is 457 g/mol. The molecule has 1 aromatic heterocycles. The first kappa shape index (κ1) is 20.6. The summed E-state index contributed by atoms with van der Waals surface area (Å²) < 4.78 is 45.9. The molecule has 1 heterocycles. The quantitative estimate of drug-likeness (QED) is 0.592. The lowest BCUT2D eigenvalue weighted by Crippen LogP contribution is -2.31. The van der Waals surface area contributed by atoms with E-state index in [1.807, 2.05) is 6.92 Å². The lowest BCUT2D eigenvalue weighted by Gasteiger charge is -2.24. The molecule has 8 heteroatoms. The van der Waals surface area contributed by atoms with Crippen molar-refractivity contribution in [3.05, 3.63) is 46.1 Å². The Hall–Kier alpha value is -2.09. The third kappa shape index (κ3) is 4.48. The molecule has 2 aromatic rings. The van der Waals surface area contributed by atoms with Crippen molar-refractivity contribution in [2.24, 2.45) is 5.92 Å². The standard InChI is InChI=1S/C20H20BrF3N2O2/c1-3-26(19(27)12-4-5-12)11-13-8-14(20(22,23)24)6-7-16(13)17-9-15(21)10-25-18(17)28-2/h6-10,12H,3-5,11H2,1-2H3. The largest absolute Gasteiger partial charge is 0.481 e. The fourth-order valence-electron chi connectivity index (χ4n) is 3.09. The summed E-state index contributed by atoms with van der Waals surface area (Å²) in [5.41, 5.74) is 0.781. The SMILES string of the molecule is CCN(Cc1cc(C(F)(F)F)ccc1-c1cc(Br)cnc1OC)C(=O)C1CC1. The molecule has 4 nitrogen and oxygen atoms in total. The second-order valence-electron chi connectivity index (χ2n) is 6.71. The number of halogens is 4. The Kier molecular flexibility index (Phi) is 5.98. The number of methoxy groups -OCH3 is 1. The van der Waals surface area contributed by atoms with Gasteiger partial charge in [0.2, 0.25) is 11.8 Å². The van der Waals surface area contributed by atoms with E-state index < -0.39 is 11.7 Å². The van der Waals surface area contributed by atoms with Crippen LogP contribution in [0, 0.1) is 5.92 Å². The minimum Gasteiger partial charge on any atom is -0.481 e. The molecular weight excluding hydrogens is 437 g/mol. The van der Waals surface area contributed by atoms with Crippen LogP contribution in [-0.4, -0.2) is 29.4 Å². The van der Waals surface area contributed by atoms with Crippen LogP contribution in [0.5, 0.6) is 5.88 Å². The second kappa shape index (κ2) is 8.11.